The Hall–Kier alpha value is -2.01. The first kappa shape index (κ1) is 15.4. The zero-order chi connectivity index (χ0) is 15.4. The van der Waals surface area contributed by atoms with Crippen LogP contribution < -0.4 is 11.1 Å². The van der Waals surface area contributed by atoms with E-state index in [1.54, 1.807) is 18.2 Å². The van der Waals surface area contributed by atoms with Crippen LogP contribution in [0.5, 0.6) is 0 Å². The zero-order valence-electron chi connectivity index (χ0n) is 12.2. The minimum atomic E-state index is -0.0643. The highest BCUT2D eigenvalue weighted by molar-refractivity contribution is 6.31. The summed E-state index contributed by atoms with van der Waals surface area (Å²) in [6.45, 7) is 4.69. The number of carbonyl (C=O) groups excluding carboxylic acids is 1. The second-order valence-corrected chi connectivity index (χ2v) is 5.47. The lowest BCUT2D eigenvalue weighted by atomic mass is 10.2. The van der Waals surface area contributed by atoms with Gasteiger partial charge >= 0.3 is 0 Å². The summed E-state index contributed by atoms with van der Waals surface area (Å²) in [5, 5.41) is 7.71. The Morgan fingerprint density at radius 2 is 2.14 bits per heavy atom. The Balaban J connectivity index is 1.83. The Morgan fingerprint density at radius 3 is 2.76 bits per heavy atom. The van der Waals surface area contributed by atoms with Gasteiger partial charge in [-0.2, -0.15) is 5.10 Å². The molecule has 2 rings (SSSR count). The number of nitrogens with zero attached hydrogens (tertiary/aromatic N) is 2. The molecule has 112 valence electrons. The van der Waals surface area contributed by atoms with Crippen molar-refractivity contribution >= 4 is 28.9 Å². The van der Waals surface area contributed by atoms with Gasteiger partial charge in [0.25, 0.3) is 0 Å². The predicted octanol–water partition coefficient (Wildman–Crippen LogP) is 3.15. The molecular weight excluding hydrogens is 288 g/mol. The highest BCUT2D eigenvalue weighted by Crippen LogP contribution is 2.22. The van der Waals surface area contributed by atoms with Gasteiger partial charge in [-0.3, -0.25) is 9.48 Å². The molecule has 0 aliphatic heterocycles. The first-order chi connectivity index (χ1) is 9.95. The van der Waals surface area contributed by atoms with Crippen molar-refractivity contribution in [2.24, 2.45) is 0 Å². The van der Waals surface area contributed by atoms with Crippen LogP contribution in [-0.4, -0.2) is 15.7 Å². The normalized spacial score (nSPS) is 10.6. The number of benzene rings is 1. The molecule has 1 heterocycles. The molecule has 3 N–H and O–H groups in total. The van der Waals surface area contributed by atoms with E-state index in [4.69, 9.17) is 17.3 Å². The van der Waals surface area contributed by atoms with Crippen LogP contribution in [0.2, 0.25) is 5.02 Å². The number of aromatic nitrogens is 2. The van der Waals surface area contributed by atoms with Crippen molar-refractivity contribution in [3.63, 3.8) is 0 Å². The van der Waals surface area contributed by atoms with Crippen molar-refractivity contribution in [3.8, 4) is 0 Å². The van der Waals surface area contributed by atoms with Gasteiger partial charge in [0, 0.05) is 23.7 Å². The lowest BCUT2D eigenvalue weighted by Gasteiger charge is -2.09. The third-order valence-corrected chi connectivity index (χ3v) is 3.40. The maximum absolute atomic E-state index is 11.9. The zero-order valence-corrected chi connectivity index (χ0v) is 12.9. The van der Waals surface area contributed by atoms with Crippen molar-refractivity contribution in [3.05, 3.63) is 40.7 Å². The number of anilines is 2. The van der Waals surface area contributed by atoms with Crippen molar-refractivity contribution < 1.29 is 4.79 Å². The van der Waals surface area contributed by atoms with Gasteiger partial charge in [-0.25, -0.2) is 0 Å². The number of aryl methyl sites for hydroxylation is 3. The van der Waals surface area contributed by atoms with E-state index in [-0.39, 0.29) is 5.91 Å². The van der Waals surface area contributed by atoms with Crippen LogP contribution in [0.4, 0.5) is 11.4 Å². The molecule has 0 aliphatic rings. The van der Waals surface area contributed by atoms with Crippen LogP contribution in [0.1, 0.15) is 24.2 Å². The molecule has 1 aromatic carbocycles. The molecule has 0 fully saturated rings. The maximum atomic E-state index is 11.9. The largest absolute Gasteiger partial charge is 0.397 e. The van der Waals surface area contributed by atoms with Gasteiger partial charge < -0.3 is 11.1 Å². The van der Waals surface area contributed by atoms with E-state index in [0.717, 1.165) is 24.4 Å². The molecule has 5 nitrogen and oxygen atoms in total. The monoisotopic (exact) mass is 306 g/mol. The lowest BCUT2D eigenvalue weighted by molar-refractivity contribution is -0.116. The van der Waals surface area contributed by atoms with Crippen LogP contribution in [0.3, 0.4) is 0 Å². The molecule has 1 aromatic heterocycles. The van der Waals surface area contributed by atoms with E-state index in [1.807, 2.05) is 24.6 Å². The number of amides is 1. The number of hydrogen-bond acceptors (Lipinski definition) is 3. The second kappa shape index (κ2) is 6.63. The Kier molecular flexibility index (Phi) is 4.85. The highest BCUT2D eigenvalue weighted by atomic mass is 35.5. The molecule has 21 heavy (non-hydrogen) atoms. The molecule has 0 saturated carbocycles. The Labute approximate surface area is 129 Å². The summed E-state index contributed by atoms with van der Waals surface area (Å²) < 4.78 is 1.92. The predicted molar refractivity (Wildman–Crippen MR) is 85.4 cm³/mol. The standard InChI is InChI=1S/C15H19ClN4O/c1-10-8-11(2)20(19-10)7-3-4-15(21)18-14-6-5-12(16)9-13(14)17/h5-6,8-9H,3-4,7,17H2,1-2H3,(H,18,21). The summed E-state index contributed by atoms with van der Waals surface area (Å²) in [6, 6.07) is 7.04. The molecule has 0 saturated heterocycles. The molecule has 0 spiro atoms. The second-order valence-electron chi connectivity index (χ2n) is 5.03. The summed E-state index contributed by atoms with van der Waals surface area (Å²) in [5.41, 5.74) is 8.96. The van der Waals surface area contributed by atoms with Crippen LogP contribution in [-0.2, 0) is 11.3 Å². The molecule has 6 heteroatoms. The highest BCUT2D eigenvalue weighted by Gasteiger charge is 2.07. The number of carbonyl (C=O) groups is 1. The SMILES string of the molecule is Cc1cc(C)n(CCCC(=O)Nc2ccc(Cl)cc2N)n1. The van der Waals surface area contributed by atoms with Gasteiger partial charge in [-0.1, -0.05) is 11.6 Å². The van der Waals surface area contributed by atoms with Crippen LogP contribution in [0.25, 0.3) is 0 Å². The molecule has 0 aliphatic carbocycles. The number of nitrogens with one attached hydrogen (secondary N) is 1. The van der Waals surface area contributed by atoms with Gasteiger partial charge in [0.1, 0.15) is 0 Å². The minimum Gasteiger partial charge on any atom is -0.397 e. The van der Waals surface area contributed by atoms with Crippen LogP contribution in [0.15, 0.2) is 24.3 Å². The molecule has 1 amide bonds. The number of rotatable bonds is 5. The summed E-state index contributed by atoms with van der Waals surface area (Å²) in [5.74, 6) is -0.0643. The molecule has 0 atom stereocenters. The van der Waals surface area contributed by atoms with Crippen molar-refractivity contribution in [1.82, 2.24) is 9.78 Å². The number of nitrogen functional groups attached to an aromatic ring is 1. The molecule has 0 bridgehead atoms. The van der Waals surface area contributed by atoms with Gasteiger partial charge in [0.05, 0.1) is 17.1 Å². The van der Waals surface area contributed by atoms with Gasteiger partial charge in [-0.05, 0) is 44.5 Å². The van der Waals surface area contributed by atoms with Crippen molar-refractivity contribution in [2.75, 3.05) is 11.1 Å². The van der Waals surface area contributed by atoms with E-state index in [0.29, 0.717) is 22.8 Å². The number of halogens is 1. The summed E-state index contributed by atoms with van der Waals surface area (Å²) in [6.07, 6.45) is 1.14. The fourth-order valence-corrected chi connectivity index (χ4v) is 2.33. The molecular formula is C15H19ClN4O. The lowest BCUT2D eigenvalue weighted by Crippen LogP contribution is -2.14. The summed E-state index contributed by atoms with van der Waals surface area (Å²) in [4.78, 5) is 11.9. The van der Waals surface area contributed by atoms with Gasteiger partial charge in [0.2, 0.25) is 5.91 Å². The van der Waals surface area contributed by atoms with Crippen molar-refractivity contribution in [1.29, 1.82) is 0 Å². The van der Waals surface area contributed by atoms with E-state index >= 15 is 0 Å². The number of nitrogens with two attached hydrogens (primary N) is 1. The minimum absolute atomic E-state index is 0.0643. The molecule has 2 aromatic rings. The Morgan fingerprint density at radius 1 is 1.38 bits per heavy atom. The summed E-state index contributed by atoms with van der Waals surface area (Å²) >= 11 is 5.82. The quantitative estimate of drug-likeness (QED) is 0.833. The average molecular weight is 307 g/mol. The summed E-state index contributed by atoms with van der Waals surface area (Å²) in [7, 11) is 0. The maximum Gasteiger partial charge on any atom is 0.224 e. The smallest absolute Gasteiger partial charge is 0.224 e. The average Bonchev–Trinajstić information content (AvgIpc) is 2.71. The molecule has 0 radical (unpaired) electrons. The van der Waals surface area contributed by atoms with E-state index < -0.39 is 0 Å². The number of hydrogen-bond donors (Lipinski definition) is 2. The first-order valence-electron chi connectivity index (χ1n) is 6.81. The van der Waals surface area contributed by atoms with E-state index in [1.165, 1.54) is 0 Å². The van der Waals surface area contributed by atoms with Gasteiger partial charge in [0.15, 0.2) is 0 Å². The topological polar surface area (TPSA) is 72.9 Å². The fourth-order valence-electron chi connectivity index (χ4n) is 2.15. The first-order valence-corrected chi connectivity index (χ1v) is 7.19. The van der Waals surface area contributed by atoms with Crippen LogP contribution >= 0.6 is 11.6 Å². The van der Waals surface area contributed by atoms with Gasteiger partial charge in [-0.15, -0.1) is 0 Å². The van der Waals surface area contributed by atoms with Crippen LogP contribution in [0, 0.1) is 13.8 Å². The third-order valence-electron chi connectivity index (χ3n) is 3.16. The van der Waals surface area contributed by atoms with E-state index in [2.05, 4.69) is 10.4 Å². The molecule has 0 unspecified atom stereocenters. The third kappa shape index (κ3) is 4.23. The van der Waals surface area contributed by atoms with E-state index in [9.17, 15) is 4.79 Å². The fraction of sp³-hybridized carbons (Fsp3) is 0.333. The van der Waals surface area contributed by atoms with Crippen molar-refractivity contribution in [2.45, 2.75) is 33.2 Å². The Bertz CT molecular complexity index is 651.